The summed E-state index contributed by atoms with van der Waals surface area (Å²) < 4.78 is 0. The largest absolute Gasteiger partial charge is 0.479 e. The minimum absolute atomic E-state index is 0.412. The number of aliphatic carboxylic acids is 1. The number of aromatic nitrogens is 1. The highest BCUT2D eigenvalue weighted by Crippen LogP contribution is 2.20. The Balaban J connectivity index is 2.15. The molecule has 0 spiro atoms. The number of carboxylic acids is 1. The van der Waals surface area contributed by atoms with Gasteiger partial charge in [-0.25, -0.2) is 9.78 Å². The van der Waals surface area contributed by atoms with Gasteiger partial charge in [0.15, 0.2) is 6.04 Å². The van der Waals surface area contributed by atoms with Gasteiger partial charge in [0.2, 0.25) is 0 Å². The smallest absolute Gasteiger partial charge is 0.331 e. The fourth-order valence-electron chi connectivity index (χ4n) is 1.38. The van der Waals surface area contributed by atoms with Crippen LogP contribution >= 0.6 is 22.7 Å². The fraction of sp³-hybridized carbons (Fsp3) is 0.182. The number of carbonyl (C=O) groups excluding carboxylic acids is 1. The number of nitrogens with one attached hydrogen (secondary N) is 1. The molecule has 1 amide bonds. The van der Waals surface area contributed by atoms with E-state index in [4.69, 9.17) is 5.11 Å². The van der Waals surface area contributed by atoms with Crippen LogP contribution in [0.15, 0.2) is 23.7 Å². The molecule has 0 aromatic carbocycles. The van der Waals surface area contributed by atoms with E-state index in [0.29, 0.717) is 9.75 Å². The maximum Gasteiger partial charge on any atom is 0.331 e. The third kappa shape index (κ3) is 2.74. The molecule has 5 nitrogen and oxygen atoms in total. The van der Waals surface area contributed by atoms with Crippen LogP contribution in [0, 0.1) is 6.92 Å². The highest BCUT2D eigenvalue weighted by Gasteiger charge is 2.24. The first-order valence-electron chi connectivity index (χ1n) is 5.07. The van der Waals surface area contributed by atoms with E-state index in [1.807, 2.05) is 0 Å². The second-order valence-corrected chi connectivity index (χ2v) is 5.72. The van der Waals surface area contributed by atoms with Crippen LogP contribution in [0.1, 0.15) is 25.6 Å². The molecule has 1 atom stereocenters. The number of aryl methyl sites for hydroxylation is 1. The van der Waals surface area contributed by atoms with Gasteiger partial charge in [-0.3, -0.25) is 4.79 Å². The van der Waals surface area contributed by atoms with E-state index in [1.54, 1.807) is 24.4 Å². The predicted molar refractivity (Wildman–Crippen MR) is 69.0 cm³/mol. The van der Waals surface area contributed by atoms with Gasteiger partial charge in [-0.15, -0.1) is 22.7 Å². The molecule has 2 rings (SSSR count). The lowest BCUT2D eigenvalue weighted by atomic mass is 10.2. The van der Waals surface area contributed by atoms with Gasteiger partial charge in [-0.1, -0.05) is 6.07 Å². The first kappa shape index (κ1) is 12.7. The van der Waals surface area contributed by atoms with Crippen molar-refractivity contribution < 1.29 is 14.7 Å². The van der Waals surface area contributed by atoms with Gasteiger partial charge in [0.1, 0.15) is 4.88 Å². The summed E-state index contributed by atoms with van der Waals surface area (Å²) in [5, 5.41) is 14.2. The second-order valence-electron chi connectivity index (χ2n) is 3.50. The molecule has 2 aromatic rings. The Hall–Kier alpha value is -1.73. The van der Waals surface area contributed by atoms with E-state index in [2.05, 4.69) is 10.3 Å². The van der Waals surface area contributed by atoms with Gasteiger partial charge in [0, 0.05) is 4.88 Å². The third-order valence-corrected chi connectivity index (χ3v) is 4.04. The lowest BCUT2D eigenvalue weighted by Crippen LogP contribution is -2.32. The van der Waals surface area contributed by atoms with Gasteiger partial charge < -0.3 is 10.4 Å². The molecule has 0 saturated carbocycles. The molecular formula is C11H10N2O3S2. The van der Waals surface area contributed by atoms with E-state index in [-0.39, 0.29) is 0 Å². The van der Waals surface area contributed by atoms with Crippen LogP contribution in [0.2, 0.25) is 0 Å². The Morgan fingerprint density at radius 2 is 2.28 bits per heavy atom. The molecule has 7 heteroatoms. The number of carboxylic acid groups (broad SMARTS) is 1. The molecule has 2 N–H and O–H groups in total. The Kier molecular flexibility index (Phi) is 3.73. The normalized spacial score (nSPS) is 12.1. The number of thiophene rings is 1. The Morgan fingerprint density at radius 1 is 1.50 bits per heavy atom. The van der Waals surface area contributed by atoms with Gasteiger partial charge >= 0.3 is 5.97 Å². The number of thiazole rings is 1. The first-order chi connectivity index (χ1) is 8.58. The SMILES string of the molecule is Cc1ncc(C(=O)NC(C(=O)O)c2cccs2)s1. The molecule has 2 aromatic heterocycles. The number of rotatable bonds is 4. The summed E-state index contributed by atoms with van der Waals surface area (Å²) in [6.07, 6.45) is 1.45. The molecule has 0 aliphatic rings. The number of amides is 1. The minimum Gasteiger partial charge on any atom is -0.479 e. The predicted octanol–water partition coefficient (Wildman–Crippen LogP) is 2.07. The van der Waals surface area contributed by atoms with Crippen molar-refractivity contribution in [1.29, 1.82) is 0 Å². The molecule has 1 unspecified atom stereocenters. The van der Waals surface area contributed by atoms with Gasteiger partial charge in [-0.2, -0.15) is 0 Å². The van der Waals surface area contributed by atoms with E-state index in [9.17, 15) is 9.59 Å². The van der Waals surface area contributed by atoms with Crippen molar-refractivity contribution in [3.05, 3.63) is 38.5 Å². The molecule has 0 bridgehead atoms. The van der Waals surface area contributed by atoms with Crippen molar-refractivity contribution in [3.63, 3.8) is 0 Å². The van der Waals surface area contributed by atoms with Gasteiger partial charge in [0.25, 0.3) is 5.91 Å². The summed E-state index contributed by atoms with van der Waals surface area (Å²) >= 11 is 2.53. The molecule has 0 aliphatic carbocycles. The molecule has 0 saturated heterocycles. The lowest BCUT2D eigenvalue weighted by molar-refractivity contribution is -0.139. The summed E-state index contributed by atoms with van der Waals surface area (Å²) in [5.74, 6) is -1.49. The van der Waals surface area contributed by atoms with E-state index >= 15 is 0 Å². The number of hydrogen-bond acceptors (Lipinski definition) is 5. The van der Waals surface area contributed by atoms with Crippen molar-refractivity contribution in [3.8, 4) is 0 Å². The zero-order chi connectivity index (χ0) is 13.1. The average Bonchev–Trinajstić information content (AvgIpc) is 2.95. The Morgan fingerprint density at radius 3 is 2.78 bits per heavy atom. The lowest BCUT2D eigenvalue weighted by Gasteiger charge is -2.11. The fourth-order valence-corrected chi connectivity index (χ4v) is 2.83. The quantitative estimate of drug-likeness (QED) is 0.899. The summed E-state index contributed by atoms with van der Waals surface area (Å²) in [6, 6.07) is 2.42. The molecule has 0 aliphatic heterocycles. The maximum atomic E-state index is 11.9. The van der Waals surface area contributed by atoms with Crippen LogP contribution in [0.3, 0.4) is 0 Å². The van der Waals surface area contributed by atoms with Crippen LogP contribution in [0.4, 0.5) is 0 Å². The van der Waals surface area contributed by atoms with Crippen LogP contribution in [0.25, 0.3) is 0 Å². The summed E-state index contributed by atoms with van der Waals surface area (Å²) in [4.78, 5) is 28.0. The van der Waals surface area contributed by atoms with Crippen molar-refractivity contribution in [2.75, 3.05) is 0 Å². The average molecular weight is 282 g/mol. The van der Waals surface area contributed by atoms with Crippen LogP contribution in [-0.2, 0) is 4.79 Å². The molecule has 94 valence electrons. The number of nitrogens with zero attached hydrogens (tertiary/aromatic N) is 1. The third-order valence-electron chi connectivity index (χ3n) is 2.20. The summed E-state index contributed by atoms with van der Waals surface area (Å²) in [7, 11) is 0. The van der Waals surface area contributed by atoms with Crippen LogP contribution < -0.4 is 5.32 Å². The molecule has 0 fully saturated rings. The highest BCUT2D eigenvalue weighted by atomic mass is 32.1. The van der Waals surface area contributed by atoms with Crippen molar-refractivity contribution in [2.45, 2.75) is 13.0 Å². The van der Waals surface area contributed by atoms with E-state index in [0.717, 1.165) is 5.01 Å². The molecular weight excluding hydrogens is 272 g/mol. The van der Waals surface area contributed by atoms with E-state index in [1.165, 1.54) is 28.9 Å². The monoisotopic (exact) mass is 282 g/mol. The number of hydrogen-bond donors (Lipinski definition) is 2. The Bertz CT molecular complexity index is 563. The Labute approximate surface area is 111 Å². The summed E-state index contributed by atoms with van der Waals surface area (Å²) in [6.45, 7) is 1.79. The van der Waals surface area contributed by atoms with Crippen LogP contribution in [0.5, 0.6) is 0 Å². The van der Waals surface area contributed by atoms with Gasteiger partial charge in [0.05, 0.1) is 11.2 Å². The van der Waals surface area contributed by atoms with Crippen LogP contribution in [-0.4, -0.2) is 22.0 Å². The second kappa shape index (κ2) is 5.28. The summed E-state index contributed by atoms with van der Waals surface area (Å²) in [5.41, 5.74) is 0. The molecule has 0 radical (unpaired) electrons. The maximum absolute atomic E-state index is 11.9. The number of carbonyl (C=O) groups is 2. The highest BCUT2D eigenvalue weighted by molar-refractivity contribution is 7.13. The topological polar surface area (TPSA) is 79.3 Å². The van der Waals surface area contributed by atoms with Crippen molar-refractivity contribution in [1.82, 2.24) is 10.3 Å². The zero-order valence-electron chi connectivity index (χ0n) is 9.41. The molecule has 2 heterocycles. The van der Waals surface area contributed by atoms with E-state index < -0.39 is 17.9 Å². The van der Waals surface area contributed by atoms with Crippen molar-refractivity contribution in [2.24, 2.45) is 0 Å². The van der Waals surface area contributed by atoms with Gasteiger partial charge in [-0.05, 0) is 18.4 Å². The van der Waals surface area contributed by atoms with Crippen molar-refractivity contribution >= 4 is 34.6 Å². The molecule has 18 heavy (non-hydrogen) atoms. The first-order valence-corrected chi connectivity index (χ1v) is 6.77. The zero-order valence-corrected chi connectivity index (χ0v) is 11.0. The minimum atomic E-state index is -1.08. The standard InChI is InChI=1S/C11H10N2O3S2/c1-6-12-5-8(18-6)10(14)13-9(11(15)16)7-3-2-4-17-7/h2-5,9H,1H3,(H,13,14)(H,15,16).